The summed E-state index contributed by atoms with van der Waals surface area (Å²) in [6.45, 7) is 1.19. The fourth-order valence-electron chi connectivity index (χ4n) is 3.80. The summed E-state index contributed by atoms with van der Waals surface area (Å²) in [6.07, 6.45) is 5.18. The third-order valence-corrected chi connectivity index (χ3v) is 5.51. The van der Waals surface area contributed by atoms with Crippen LogP contribution in [0.5, 0.6) is 0 Å². The number of anilines is 1. The molecule has 2 heterocycles. The minimum atomic E-state index is -0.987. The van der Waals surface area contributed by atoms with E-state index in [-0.39, 0.29) is 28.8 Å². The van der Waals surface area contributed by atoms with Gasteiger partial charge in [0.1, 0.15) is 6.26 Å². The third kappa shape index (κ3) is 2.98. The Morgan fingerprint density at radius 2 is 1.92 bits per heavy atom. The molecule has 1 aromatic carbocycles. The molecule has 26 heavy (non-hydrogen) atoms. The minimum Gasteiger partial charge on any atom is -0.472 e. The largest absolute Gasteiger partial charge is 0.472 e. The van der Waals surface area contributed by atoms with E-state index in [1.54, 1.807) is 11.0 Å². The summed E-state index contributed by atoms with van der Waals surface area (Å²) in [4.78, 5) is 26.5. The maximum Gasteiger partial charge on any atom is 0.257 e. The summed E-state index contributed by atoms with van der Waals surface area (Å²) in [5, 5.41) is 2.66. The number of piperidine rings is 1. The first-order valence-electron chi connectivity index (χ1n) is 8.56. The second kappa shape index (κ2) is 6.23. The lowest BCUT2D eigenvalue weighted by Crippen LogP contribution is -2.40. The number of benzene rings is 1. The molecule has 2 aromatic rings. The van der Waals surface area contributed by atoms with Gasteiger partial charge in [0.25, 0.3) is 5.91 Å². The molecule has 1 aliphatic heterocycles. The fraction of sp³-hybridized carbons (Fsp3) is 0.368. The predicted molar refractivity (Wildman–Crippen MR) is 89.4 cm³/mol. The first-order valence-corrected chi connectivity index (χ1v) is 8.56. The number of hydrogen-bond acceptors (Lipinski definition) is 3. The van der Waals surface area contributed by atoms with E-state index < -0.39 is 11.6 Å². The monoisotopic (exact) mass is 360 g/mol. The highest BCUT2D eigenvalue weighted by molar-refractivity contribution is 5.95. The summed E-state index contributed by atoms with van der Waals surface area (Å²) in [7, 11) is 0. The molecule has 1 atom stereocenters. The Hall–Kier alpha value is -2.70. The van der Waals surface area contributed by atoms with Gasteiger partial charge in [-0.15, -0.1) is 0 Å². The summed E-state index contributed by atoms with van der Waals surface area (Å²) in [5.41, 5.74) is 0.698. The number of carbonyl (C=O) groups is 2. The molecule has 1 N–H and O–H groups in total. The van der Waals surface area contributed by atoms with E-state index >= 15 is 0 Å². The number of halogens is 2. The summed E-state index contributed by atoms with van der Waals surface area (Å²) in [5.74, 6) is -2.32. The fourth-order valence-corrected chi connectivity index (χ4v) is 3.80. The molecule has 0 bridgehead atoms. The zero-order valence-electron chi connectivity index (χ0n) is 14.0. The zero-order chi connectivity index (χ0) is 18.3. The number of hydrogen-bond donors (Lipinski definition) is 1. The highest BCUT2D eigenvalue weighted by Crippen LogP contribution is 2.59. The normalized spacial score (nSPS) is 20.8. The third-order valence-electron chi connectivity index (χ3n) is 5.51. The molecule has 0 radical (unpaired) electrons. The average molecular weight is 360 g/mol. The molecule has 1 aromatic heterocycles. The van der Waals surface area contributed by atoms with Crippen LogP contribution in [0.15, 0.2) is 41.2 Å². The van der Waals surface area contributed by atoms with Gasteiger partial charge >= 0.3 is 0 Å². The molecule has 4 rings (SSSR count). The summed E-state index contributed by atoms with van der Waals surface area (Å²) < 4.78 is 31.2. The maximum absolute atomic E-state index is 13.3. The highest BCUT2D eigenvalue weighted by Gasteiger charge is 2.58. The second-order valence-corrected chi connectivity index (χ2v) is 7.04. The topological polar surface area (TPSA) is 62.6 Å². The van der Waals surface area contributed by atoms with Crippen LogP contribution in [0.4, 0.5) is 14.5 Å². The highest BCUT2D eigenvalue weighted by atomic mass is 19.2. The van der Waals surface area contributed by atoms with Gasteiger partial charge in [-0.3, -0.25) is 9.59 Å². The first kappa shape index (κ1) is 16.8. The molecule has 2 aliphatic rings. The van der Waals surface area contributed by atoms with E-state index in [2.05, 4.69) is 5.32 Å². The van der Waals surface area contributed by atoms with E-state index in [0.717, 1.165) is 31.4 Å². The van der Waals surface area contributed by atoms with Crippen molar-refractivity contribution in [1.82, 2.24) is 4.90 Å². The van der Waals surface area contributed by atoms with Gasteiger partial charge in [0.15, 0.2) is 11.6 Å². The van der Waals surface area contributed by atoms with Gasteiger partial charge in [-0.25, -0.2) is 8.78 Å². The first-order chi connectivity index (χ1) is 12.5. The van der Waals surface area contributed by atoms with E-state index in [0.29, 0.717) is 18.7 Å². The number of likely N-dealkylation sites (tertiary alicyclic amines) is 1. The van der Waals surface area contributed by atoms with Crippen molar-refractivity contribution in [3.05, 3.63) is 54.0 Å². The van der Waals surface area contributed by atoms with E-state index in [1.165, 1.54) is 18.6 Å². The summed E-state index contributed by atoms with van der Waals surface area (Å²) in [6, 6.07) is 4.96. The van der Waals surface area contributed by atoms with Gasteiger partial charge in [0.2, 0.25) is 5.91 Å². The SMILES string of the molecule is O=C(Nc1ccc(F)c(F)c1)C1CC12CCN(C(=O)c1ccoc1)CC2. The van der Waals surface area contributed by atoms with Gasteiger partial charge in [-0.05, 0) is 42.9 Å². The zero-order valence-corrected chi connectivity index (χ0v) is 14.0. The quantitative estimate of drug-likeness (QED) is 0.912. The van der Waals surface area contributed by atoms with Crippen LogP contribution in [-0.2, 0) is 4.79 Å². The molecule has 5 nitrogen and oxygen atoms in total. The Morgan fingerprint density at radius 1 is 1.15 bits per heavy atom. The minimum absolute atomic E-state index is 0.0583. The molecule has 2 amide bonds. The van der Waals surface area contributed by atoms with Gasteiger partial charge in [0, 0.05) is 30.8 Å². The van der Waals surface area contributed by atoms with Crippen molar-refractivity contribution in [3.8, 4) is 0 Å². The Kier molecular flexibility index (Phi) is 4.01. The van der Waals surface area contributed by atoms with Crippen molar-refractivity contribution in [1.29, 1.82) is 0 Å². The summed E-state index contributed by atoms with van der Waals surface area (Å²) >= 11 is 0. The van der Waals surface area contributed by atoms with Gasteiger partial charge < -0.3 is 14.6 Å². The van der Waals surface area contributed by atoms with Crippen LogP contribution in [0.1, 0.15) is 29.6 Å². The van der Waals surface area contributed by atoms with E-state index in [4.69, 9.17) is 4.42 Å². The molecular formula is C19H18F2N2O3. The van der Waals surface area contributed by atoms with E-state index in [1.807, 2.05) is 0 Å². The molecule has 1 unspecified atom stereocenters. The van der Waals surface area contributed by atoms with Crippen LogP contribution in [0.2, 0.25) is 0 Å². The molecule has 1 saturated heterocycles. The number of rotatable bonds is 3. The average Bonchev–Trinajstić information content (AvgIpc) is 3.07. The molecular weight excluding hydrogens is 342 g/mol. The van der Waals surface area contributed by atoms with Crippen LogP contribution < -0.4 is 5.32 Å². The van der Waals surface area contributed by atoms with Gasteiger partial charge in [0.05, 0.1) is 11.8 Å². The number of nitrogens with one attached hydrogen (secondary N) is 1. The Morgan fingerprint density at radius 3 is 2.58 bits per heavy atom. The number of carbonyl (C=O) groups excluding carboxylic acids is 2. The number of furan rings is 1. The maximum atomic E-state index is 13.3. The molecule has 136 valence electrons. The Labute approximate surface area is 149 Å². The molecule has 1 spiro atoms. The standard InChI is InChI=1S/C19H18F2N2O3/c20-15-2-1-13(9-16(15)21)22-17(24)14-10-19(14)4-6-23(7-5-19)18(25)12-3-8-26-11-12/h1-3,8-9,11,14H,4-7,10H2,(H,22,24). The second-order valence-electron chi connectivity index (χ2n) is 7.04. The lowest BCUT2D eigenvalue weighted by molar-refractivity contribution is -0.118. The van der Waals surface area contributed by atoms with E-state index in [9.17, 15) is 18.4 Å². The lowest BCUT2D eigenvalue weighted by atomic mass is 9.90. The number of nitrogens with zero attached hydrogens (tertiary/aromatic N) is 1. The van der Waals surface area contributed by atoms with Crippen molar-refractivity contribution < 1.29 is 22.8 Å². The van der Waals surface area contributed by atoms with Crippen molar-refractivity contribution in [2.45, 2.75) is 19.3 Å². The Balaban J connectivity index is 1.34. The predicted octanol–water partition coefficient (Wildman–Crippen LogP) is 3.44. The Bertz CT molecular complexity index is 842. The van der Waals surface area contributed by atoms with Gasteiger partial charge in [-0.2, -0.15) is 0 Å². The lowest BCUT2D eigenvalue weighted by Gasteiger charge is -2.32. The van der Waals surface area contributed by atoms with Crippen LogP contribution in [0, 0.1) is 23.0 Å². The van der Waals surface area contributed by atoms with Crippen molar-refractivity contribution >= 4 is 17.5 Å². The van der Waals surface area contributed by atoms with Gasteiger partial charge in [-0.1, -0.05) is 0 Å². The van der Waals surface area contributed by atoms with Crippen molar-refractivity contribution in [2.24, 2.45) is 11.3 Å². The molecule has 2 fully saturated rings. The molecule has 1 saturated carbocycles. The van der Waals surface area contributed by atoms with Crippen LogP contribution in [-0.4, -0.2) is 29.8 Å². The van der Waals surface area contributed by atoms with Crippen LogP contribution in [0.3, 0.4) is 0 Å². The van der Waals surface area contributed by atoms with Crippen molar-refractivity contribution in [2.75, 3.05) is 18.4 Å². The molecule has 1 aliphatic carbocycles. The smallest absolute Gasteiger partial charge is 0.257 e. The van der Waals surface area contributed by atoms with Crippen LogP contribution >= 0.6 is 0 Å². The van der Waals surface area contributed by atoms with Crippen LogP contribution in [0.25, 0.3) is 0 Å². The number of amides is 2. The molecule has 7 heteroatoms. The van der Waals surface area contributed by atoms with Crippen molar-refractivity contribution in [3.63, 3.8) is 0 Å².